The summed E-state index contributed by atoms with van der Waals surface area (Å²) in [7, 11) is 0. The van der Waals surface area contributed by atoms with Crippen LogP contribution in [0, 0.1) is 17.2 Å². The lowest BCUT2D eigenvalue weighted by atomic mass is 9.75. The molecule has 0 saturated carbocycles. The Morgan fingerprint density at radius 2 is 1.97 bits per heavy atom. The van der Waals surface area contributed by atoms with Gasteiger partial charge in [0.15, 0.2) is 0 Å². The highest BCUT2D eigenvalue weighted by Gasteiger charge is 2.49. The standard InChI is InChI=1S/C28H40Cl2FN3O5/c1-28(2,3)13-20-25(32)24(26(34-20)27(38)33-7-6-18(37)14-36)23-21(39-9-8-35)5-4-19(30)22(23)15-10-16(29)12-17(31)11-15/h10-12,18,20,24-26,34-37H,4-9,13-14,32H2,1-3H3,(H,33,38)/t18-,20-,24+,25?,26+/m0/s1. The second-order valence-electron chi connectivity index (χ2n) is 11.4. The molecule has 0 aromatic heterocycles. The van der Waals surface area contributed by atoms with Crippen LogP contribution in [0.1, 0.15) is 52.0 Å². The van der Waals surface area contributed by atoms with Gasteiger partial charge in [0, 0.05) is 52.2 Å². The SMILES string of the molecule is CC(C)(C)C[C@@H]1N[C@@H](C(=O)NCC[C@H](O)CO)[C@H](C2=C(OCCO)CCC(Cl)=C2c2cc(F)cc(Cl)c2)C1N. The average molecular weight is 589 g/mol. The van der Waals surface area contributed by atoms with Crippen molar-refractivity contribution < 1.29 is 29.2 Å². The normalized spacial score (nSPS) is 24.8. The van der Waals surface area contributed by atoms with Gasteiger partial charge in [0.2, 0.25) is 5.91 Å². The van der Waals surface area contributed by atoms with E-state index in [1.165, 1.54) is 12.1 Å². The average Bonchev–Trinajstić information content (AvgIpc) is 3.16. The summed E-state index contributed by atoms with van der Waals surface area (Å²) in [5.74, 6) is -0.936. The molecule has 1 aliphatic carbocycles. The summed E-state index contributed by atoms with van der Waals surface area (Å²) >= 11 is 13.0. The number of nitrogens with two attached hydrogens (primary N) is 1. The monoisotopic (exact) mass is 587 g/mol. The lowest BCUT2D eigenvalue weighted by molar-refractivity contribution is -0.123. The molecule has 0 spiro atoms. The Morgan fingerprint density at radius 3 is 2.59 bits per heavy atom. The van der Waals surface area contributed by atoms with Crippen molar-refractivity contribution >= 4 is 34.7 Å². The van der Waals surface area contributed by atoms with Crippen molar-refractivity contribution in [1.29, 1.82) is 0 Å². The number of hydrogen-bond donors (Lipinski definition) is 6. The van der Waals surface area contributed by atoms with E-state index in [0.29, 0.717) is 46.8 Å². The highest BCUT2D eigenvalue weighted by atomic mass is 35.5. The third kappa shape index (κ3) is 8.16. The van der Waals surface area contributed by atoms with Gasteiger partial charge in [0.05, 0.1) is 25.4 Å². The van der Waals surface area contributed by atoms with Gasteiger partial charge in [-0.3, -0.25) is 4.79 Å². The minimum atomic E-state index is -0.945. The molecule has 1 heterocycles. The number of amides is 1. The molecule has 2 aliphatic rings. The van der Waals surface area contributed by atoms with Crippen LogP contribution in [0.25, 0.3) is 5.57 Å². The van der Waals surface area contributed by atoms with Gasteiger partial charge >= 0.3 is 0 Å². The number of halogens is 3. The first-order chi connectivity index (χ1) is 18.4. The van der Waals surface area contributed by atoms with E-state index in [9.17, 15) is 19.4 Å². The molecule has 0 bridgehead atoms. The van der Waals surface area contributed by atoms with Crippen molar-refractivity contribution in [3.05, 3.63) is 51.0 Å². The lowest BCUT2D eigenvalue weighted by Gasteiger charge is -2.33. The summed E-state index contributed by atoms with van der Waals surface area (Å²) in [5, 5.41) is 35.3. The van der Waals surface area contributed by atoms with E-state index in [-0.39, 0.29) is 48.6 Å². The van der Waals surface area contributed by atoms with Gasteiger partial charge < -0.3 is 36.4 Å². The van der Waals surface area contributed by atoms with E-state index < -0.39 is 36.5 Å². The Balaban J connectivity index is 2.12. The largest absolute Gasteiger partial charge is 0.495 e. The first kappa shape index (κ1) is 31.8. The van der Waals surface area contributed by atoms with Gasteiger partial charge in [-0.15, -0.1) is 0 Å². The van der Waals surface area contributed by atoms with Gasteiger partial charge in [0.1, 0.15) is 18.2 Å². The number of carbonyl (C=O) groups excluding carboxylic acids is 1. The molecule has 1 saturated heterocycles. The van der Waals surface area contributed by atoms with E-state index in [0.717, 1.165) is 0 Å². The summed E-state index contributed by atoms with van der Waals surface area (Å²) in [6.07, 6.45) is 0.760. The molecular weight excluding hydrogens is 548 g/mol. The summed E-state index contributed by atoms with van der Waals surface area (Å²) < 4.78 is 20.5. The number of carbonyl (C=O) groups is 1. The Hall–Kier alpha value is -1.72. The molecule has 39 heavy (non-hydrogen) atoms. The predicted molar refractivity (Wildman–Crippen MR) is 150 cm³/mol. The van der Waals surface area contributed by atoms with Crippen LogP contribution in [0.5, 0.6) is 0 Å². The van der Waals surface area contributed by atoms with Gasteiger partial charge in [-0.2, -0.15) is 0 Å². The molecule has 1 aromatic carbocycles. The molecule has 7 N–H and O–H groups in total. The Labute approximate surface area is 239 Å². The zero-order valence-electron chi connectivity index (χ0n) is 22.6. The smallest absolute Gasteiger partial charge is 0.237 e. The van der Waals surface area contributed by atoms with Crippen LogP contribution in [-0.4, -0.2) is 71.8 Å². The zero-order valence-corrected chi connectivity index (χ0v) is 24.2. The summed E-state index contributed by atoms with van der Waals surface area (Å²) in [6, 6.07) is 2.59. The number of aliphatic hydroxyl groups excluding tert-OH is 3. The van der Waals surface area contributed by atoms with Crippen molar-refractivity contribution in [3.63, 3.8) is 0 Å². The minimum Gasteiger partial charge on any atom is -0.495 e. The molecule has 1 aromatic rings. The number of allylic oxidation sites excluding steroid dienone is 3. The second-order valence-corrected chi connectivity index (χ2v) is 12.3. The molecule has 11 heteroatoms. The van der Waals surface area contributed by atoms with Crippen molar-refractivity contribution in [2.24, 2.45) is 17.1 Å². The lowest BCUT2D eigenvalue weighted by Crippen LogP contribution is -2.47. The minimum absolute atomic E-state index is 0.0321. The van der Waals surface area contributed by atoms with Crippen molar-refractivity contribution in [3.8, 4) is 0 Å². The third-order valence-corrected chi connectivity index (χ3v) is 7.60. The van der Waals surface area contributed by atoms with Crippen molar-refractivity contribution in [1.82, 2.24) is 10.6 Å². The van der Waals surface area contributed by atoms with E-state index in [2.05, 4.69) is 31.4 Å². The van der Waals surface area contributed by atoms with Crippen LogP contribution >= 0.6 is 23.2 Å². The number of rotatable bonds is 11. The number of ether oxygens (including phenoxy) is 1. The quantitative estimate of drug-likeness (QED) is 0.234. The Kier molecular flexibility index (Phi) is 11.2. The fourth-order valence-corrected chi connectivity index (χ4v) is 5.91. The first-order valence-corrected chi connectivity index (χ1v) is 14.0. The summed E-state index contributed by atoms with van der Waals surface area (Å²) in [4.78, 5) is 13.6. The molecular formula is C28H40Cl2FN3O5. The van der Waals surface area contributed by atoms with Gasteiger partial charge in [-0.05, 0) is 48.4 Å². The van der Waals surface area contributed by atoms with Crippen LogP contribution in [-0.2, 0) is 9.53 Å². The van der Waals surface area contributed by atoms with Crippen molar-refractivity contribution in [2.75, 3.05) is 26.4 Å². The highest BCUT2D eigenvalue weighted by molar-refractivity contribution is 6.34. The van der Waals surface area contributed by atoms with Gasteiger partial charge in [-0.1, -0.05) is 44.0 Å². The number of hydrogen-bond acceptors (Lipinski definition) is 7. The maximum absolute atomic E-state index is 14.5. The first-order valence-electron chi connectivity index (χ1n) is 13.3. The Bertz CT molecular complexity index is 1070. The van der Waals surface area contributed by atoms with Crippen LogP contribution in [0.15, 0.2) is 34.6 Å². The number of benzene rings is 1. The topological polar surface area (TPSA) is 137 Å². The van der Waals surface area contributed by atoms with Gasteiger partial charge in [-0.25, -0.2) is 4.39 Å². The fourth-order valence-electron chi connectivity index (χ4n) is 5.38. The maximum atomic E-state index is 14.5. The molecule has 1 amide bonds. The summed E-state index contributed by atoms with van der Waals surface area (Å²) in [5.41, 5.74) is 8.36. The van der Waals surface area contributed by atoms with Crippen LogP contribution in [0.4, 0.5) is 4.39 Å². The third-order valence-electron chi connectivity index (χ3n) is 7.00. The number of nitrogens with one attached hydrogen (secondary N) is 2. The molecule has 3 rings (SSSR count). The molecule has 5 atom stereocenters. The van der Waals surface area contributed by atoms with Gasteiger partial charge in [0.25, 0.3) is 0 Å². The van der Waals surface area contributed by atoms with Crippen LogP contribution < -0.4 is 16.4 Å². The summed E-state index contributed by atoms with van der Waals surface area (Å²) in [6.45, 7) is 5.84. The molecule has 218 valence electrons. The van der Waals surface area contributed by atoms with E-state index in [1.807, 2.05) is 0 Å². The molecule has 1 fully saturated rings. The zero-order chi connectivity index (χ0) is 28.9. The maximum Gasteiger partial charge on any atom is 0.237 e. The molecule has 1 aliphatic heterocycles. The highest BCUT2D eigenvalue weighted by Crippen LogP contribution is 2.47. The van der Waals surface area contributed by atoms with E-state index >= 15 is 0 Å². The molecule has 1 unspecified atom stereocenters. The van der Waals surface area contributed by atoms with Crippen LogP contribution in [0.2, 0.25) is 5.02 Å². The fraction of sp³-hybridized carbons (Fsp3) is 0.607. The van der Waals surface area contributed by atoms with Crippen molar-refractivity contribution in [2.45, 2.75) is 70.7 Å². The Morgan fingerprint density at radius 1 is 1.26 bits per heavy atom. The van der Waals surface area contributed by atoms with E-state index in [1.54, 1.807) is 6.07 Å². The molecule has 8 nitrogen and oxygen atoms in total. The van der Waals surface area contributed by atoms with Crippen LogP contribution in [0.3, 0.4) is 0 Å². The second kappa shape index (κ2) is 13.8. The predicted octanol–water partition coefficient (Wildman–Crippen LogP) is 3.07. The number of aliphatic hydroxyl groups is 3. The van der Waals surface area contributed by atoms with E-state index in [4.69, 9.17) is 38.8 Å². The molecule has 0 radical (unpaired) electrons.